The molecule has 0 spiro atoms. The molecule has 0 bridgehead atoms. The van der Waals surface area contributed by atoms with Gasteiger partial charge in [0.15, 0.2) is 0 Å². The largest absolute Gasteiger partial charge is 0.388 e. The SMILES string of the molecule is N#COc1ccc(S(=O)c2ccc(OC#N)cc2)cc1. The average molecular weight is 284 g/mol. The molecule has 98 valence electrons. The van der Waals surface area contributed by atoms with Crippen LogP contribution in [0.25, 0.3) is 0 Å². The van der Waals surface area contributed by atoms with Crippen LogP contribution in [0.15, 0.2) is 58.3 Å². The lowest BCUT2D eigenvalue weighted by atomic mass is 10.3. The smallest absolute Gasteiger partial charge is 0.292 e. The number of hydrogen-bond acceptors (Lipinski definition) is 5. The van der Waals surface area contributed by atoms with Crippen LogP contribution in [-0.4, -0.2) is 4.21 Å². The fourth-order valence-electron chi connectivity index (χ4n) is 1.50. The Labute approximate surface area is 118 Å². The van der Waals surface area contributed by atoms with E-state index >= 15 is 0 Å². The van der Waals surface area contributed by atoms with Crippen LogP contribution >= 0.6 is 0 Å². The van der Waals surface area contributed by atoms with Crippen molar-refractivity contribution in [1.29, 1.82) is 10.5 Å². The summed E-state index contributed by atoms with van der Waals surface area (Å²) >= 11 is 0. The normalized spacial score (nSPS) is 9.55. The third-order valence-electron chi connectivity index (χ3n) is 2.40. The lowest BCUT2D eigenvalue weighted by Crippen LogP contribution is -1.93. The minimum absolute atomic E-state index is 0.394. The van der Waals surface area contributed by atoms with Crippen LogP contribution in [0.2, 0.25) is 0 Å². The summed E-state index contributed by atoms with van der Waals surface area (Å²) in [5.41, 5.74) is 0. The molecule has 0 aliphatic heterocycles. The Kier molecular flexibility index (Phi) is 4.33. The second-order valence-corrected chi connectivity index (χ2v) is 5.08. The van der Waals surface area contributed by atoms with E-state index in [9.17, 15) is 4.21 Å². The predicted octanol–water partition coefficient (Wildman–Crippen LogP) is 2.57. The van der Waals surface area contributed by atoms with Gasteiger partial charge in [0.25, 0.3) is 12.5 Å². The maximum absolute atomic E-state index is 12.3. The fraction of sp³-hybridized carbons (Fsp3) is 0. The van der Waals surface area contributed by atoms with E-state index in [0.717, 1.165) is 0 Å². The highest BCUT2D eigenvalue weighted by molar-refractivity contribution is 7.85. The van der Waals surface area contributed by atoms with E-state index < -0.39 is 10.8 Å². The molecule has 0 saturated carbocycles. The van der Waals surface area contributed by atoms with Crippen molar-refractivity contribution in [2.45, 2.75) is 9.79 Å². The Morgan fingerprint density at radius 1 is 0.750 bits per heavy atom. The summed E-state index contributed by atoms with van der Waals surface area (Å²) in [5.74, 6) is 0.789. The molecule has 0 amide bonds. The molecule has 2 rings (SSSR count). The van der Waals surface area contributed by atoms with E-state index in [1.807, 2.05) is 0 Å². The zero-order chi connectivity index (χ0) is 14.4. The molecule has 0 N–H and O–H groups in total. The van der Waals surface area contributed by atoms with Crippen molar-refractivity contribution in [3.8, 4) is 24.0 Å². The summed E-state index contributed by atoms with van der Waals surface area (Å²) in [4.78, 5) is 1.17. The van der Waals surface area contributed by atoms with Gasteiger partial charge in [-0.25, -0.2) is 4.21 Å². The number of nitriles is 2. The number of hydrogen-bond donors (Lipinski definition) is 0. The molecule has 0 atom stereocenters. The van der Waals surface area contributed by atoms with Gasteiger partial charge in [0, 0.05) is 9.79 Å². The highest BCUT2D eigenvalue weighted by atomic mass is 32.2. The summed E-state index contributed by atoms with van der Waals surface area (Å²) in [7, 11) is -1.35. The number of rotatable bonds is 4. The van der Waals surface area contributed by atoms with Crippen LogP contribution < -0.4 is 9.47 Å². The maximum Gasteiger partial charge on any atom is 0.292 e. The van der Waals surface area contributed by atoms with Gasteiger partial charge < -0.3 is 9.47 Å². The quantitative estimate of drug-likeness (QED) is 0.806. The van der Waals surface area contributed by atoms with Crippen molar-refractivity contribution in [3.63, 3.8) is 0 Å². The number of nitrogens with zero attached hydrogens (tertiary/aromatic N) is 2. The van der Waals surface area contributed by atoms with Crippen molar-refractivity contribution in [2.24, 2.45) is 0 Å². The minimum Gasteiger partial charge on any atom is -0.388 e. The van der Waals surface area contributed by atoms with Crippen molar-refractivity contribution in [3.05, 3.63) is 48.5 Å². The Morgan fingerprint density at radius 3 is 1.40 bits per heavy atom. The van der Waals surface area contributed by atoms with Gasteiger partial charge in [-0.2, -0.15) is 0 Å². The average Bonchev–Trinajstić information content (AvgIpc) is 2.49. The Morgan fingerprint density at radius 2 is 1.10 bits per heavy atom. The first-order chi connectivity index (χ1) is 9.74. The molecular formula is C14H8N2O3S. The van der Waals surface area contributed by atoms with E-state index in [4.69, 9.17) is 10.5 Å². The van der Waals surface area contributed by atoms with E-state index in [2.05, 4.69) is 9.47 Å². The zero-order valence-corrected chi connectivity index (χ0v) is 11.0. The first-order valence-electron chi connectivity index (χ1n) is 5.48. The monoisotopic (exact) mass is 284 g/mol. The van der Waals surface area contributed by atoms with Crippen molar-refractivity contribution in [1.82, 2.24) is 0 Å². The van der Waals surface area contributed by atoms with Gasteiger partial charge in [-0.1, -0.05) is 0 Å². The third-order valence-corrected chi connectivity index (χ3v) is 3.80. The van der Waals surface area contributed by atoms with E-state index in [0.29, 0.717) is 21.3 Å². The molecule has 0 unspecified atom stereocenters. The van der Waals surface area contributed by atoms with Crippen LogP contribution in [0.3, 0.4) is 0 Å². The standard InChI is InChI=1S/C14H8N2O3S/c15-9-18-11-1-5-13(6-2-11)20(17)14-7-3-12(4-8-14)19-10-16/h1-8H. The Hall–Kier alpha value is -2.83. The van der Waals surface area contributed by atoms with Gasteiger partial charge in [0.2, 0.25) is 0 Å². The third kappa shape index (κ3) is 3.14. The number of benzene rings is 2. The molecule has 0 fully saturated rings. The highest BCUT2D eigenvalue weighted by Gasteiger charge is 2.07. The van der Waals surface area contributed by atoms with Gasteiger partial charge in [-0.15, -0.1) is 10.5 Å². The molecule has 0 aliphatic rings. The van der Waals surface area contributed by atoms with E-state index in [1.165, 1.54) is 0 Å². The molecule has 0 aromatic heterocycles. The molecule has 20 heavy (non-hydrogen) atoms. The second-order valence-electron chi connectivity index (χ2n) is 3.60. The van der Waals surface area contributed by atoms with Gasteiger partial charge in [-0.3, -0.25) is 0 Å². The van der Waals surface area contributed by atoms with Crippen molar-refractivity contribution in [2.75, 3.05) is 0 Å². The molecule has 0 radical (unpaired) electrons. The van der Waals surface area contributed by atoms with Crippen LogP contribution in [0.1, 0.15) is 0 Å². The molecule has 0 heterocycles. The van der Waals surface area contributed by atoms with Crippen LogP contribution in [0.5, 0.6) is 11.5 Å². The first-order valence-corrected chi connectivity index (χ1v) is 6.63. The summed E-state index contributed by atoms with van der Waals surface area (Å²) < 4.78 is 21.6. The summed E-state index contributed by atoms with van der Waals surface area (Å²) in [5, 5.41) is 16.8. The van der Waals surface area contributed by atoms with Gasteiger partial charge >= 0.3 is 0 Å². The lowest BCUT2D eigenvalue weighted by Gasteiger charge is -2.04. The number of ether oxygens (including phenoxy) is 2. The van der Waals surface area contributed by atoms with Gasteiger partial charge in [0.05, 0.1) is 10.8 Å². The van der Waals surface area contributed by atoms with Crippen LogP contribution in [0, 0.1) is 23.0 Å². The molecule has 2 aromatic rings. The zero-order valence-electron chi connectivity index (χ0n) is 10.1. The predicted molar refractivity (Wildman–Crippen MR) is 70.0 cm³/mol. The summed E-state index contributed by atoms with van der Waals surface area (Å²) in [6.45, 7) is 0. The Balaban J connectivity index is 2.18. The van der Waals surface area contributed by atoms with Crippen LogP contribution in [-0.2, 0) is 10.8 Å². The highest BCUT2D eigenvalue weighted by Crippen LogP contribution is 2.21. The molecular weight excluding hydrogens is 276 g/mol. The van der Waals surface area contributed by atoms with E-state index in [1.54, 1.807) is 61.0 Å². The summed E-state index contributed by atoms with van der Waals surface area (Å²) in [6.07, 6.45) is 3.13. The molecule has 6 heteroatoms. The molecule has 2 aromatic carbocycles. The lowest BCUT2D eigenvalue weighted by molar-refractivity contribution is 0.506. The molecule has 5 nitrogen and oxygen atoms in total. The Bertz CT molecular complexity index is 636. The van der Waals surface area contributed by atoms with Crippen molar-refractivity contribution >= 4 is 10.8 Å². The van der Waals surface area contributed by atoms with Crippen LogP contribution in [0.4, 0.5) is 0 Å². The second kappa shape index (κ2) is 6.37. The summed E-state index contributed by atoms with van der Waals surface area (Å²) in [6, 6.07) is 12.8. The van der Waals surface area contributed by atoms with Crippen molar-refractivity contribution < 1.29 is 13.7 Å². The fourth-order valence-corrected chi connectivity index (χ4v) is 2.54. The maximum atomic E-state index is 12.3. The topological polar surface area (TPSA) is 83.1 Å². The molecule has 0 saturated heterocycles. The van der Waals surface area contributed by atoms with Gasteiger partial charge in [0.1, 0.15) is 11.5 Å². The molecule has 0 aliphatic carbocycles. The van der Waals surface area contributed by atoms with Gasteiger partial charge in [-0.05, 0) is 48.5 Å². The minimum atomic E-state index is -1.35. The first kappa shape index (κ1) is 13.6. The van der Waals surface area contributed by atoms with E-state index in [-0.39, 0.29) is 0 Å².